The number of amides is 1. The van der Waals surface area contributed by atoms with Crippen LogP contribution in [0.4, 0.5) is 11.4 Å². The van der Waals surface area contributed by atoms with Crippen molar-refractivity contribution in [1.82, 2.24) is 4.31 Å². The number of benzene rings is 3. The second kappa shape index (κ2) is 11.1. The Morgan fingerprint density at radius 1 is 0.974 bits per heavy atom. The summed E-state index contributed by atoms with van der Waals surface area (Å²) in [5.74, 6) is -0.174. The van der Waals surface area contributed by atoms with E-state index in [1.54, 1.807) is 12.1 Å². The van der Waals surface area contributed by atoms with Crippen LogP contribution in [-0.2, 0) is 26.6 Å². The Kier molecular flexibility index (Phi) is 8.10. The first-order chi connectivity index (χ1) is 18.0. The lowest BCUT2D eigenvalue weighted by molar-refractivity contribution is 0.102. The molecule has 3 aromatic rings. The molecule has 9 nitrogen and oxygen atoms in total. The van der Waals surface area contributed by atoms with Crippen LogP contribution >= 0.6 is 0 Å². The zero-order chi connectivity index (χ0) is 27.5. The number of nitrogens with one attached hydrogen (secondary N) is 1. The van der Waals surface area contributed by atoms with E-state index in [9.17, 15) is 21.6 Å². The van der Waals surface area contributed by atoms with Crippen LogP contribution in [0.15, 0.2) is 71.6 Å². The van der Waals surface area contributed by atoms with Crippen LogP contribution in [0.5, 0.6) is 5.75 Å². The summed E-state index contributed by atoms with van der Waals surface area (Å²) >= 11 is 0. The highest BCUT2D eigenvalue weighted by Gasteiger charge is 2.28. The van der Waals surface area contributed by atoms with Crippen LogP contribution in [0, 0.1) is 6.92 Å². The maximum absolute atomic E-state index is 13.1. The average Bonchev–Trinajstić information content (AvgIpc) is 3.44. The molecule has 0 radical (unpaired) electrons. The summed E-state index contributed by atoms with van der Waals surface area (Å²) in [6.07, 6.45) is 2.77. The molecule has 0 spiro atoms. The molecule has 0 unspecified atom stereocenters. The molecule has 202 valence electrons. The second-order valence-corrected chi connectivity index (χ2v) is 13.0. The molecule has 0 saturated carbocycles. The maximum Gasteiger partial charge on any atom is 0.255 e. The highest BCUT2D eigenvalue weighted by Crippen LogP contribution is 2.31. The molecule has 1 saturated heterocycles. The van der Waals surface area contributed by atoms with Gasteiger partial charge in [0.05, 0.1) is 36.2 Å². The molecular weight excluding hydrogens is 526 g/mol. The lowest BCUT2D eigenvalue weighted by Gasteiger charge is -2.23. The molecule has 1 heterocycles. The van der Waals surface area contributed by atoms with Gasteiger partial charge < -0.3 is 10.1 Å². The largest absolute Gasteiger partial charge is 0.495 e. The van der Waals surface area contributed by atoms with E-state index < -0.39 is 26.0 Å². The maximum atomic E-state index is 13.1. The first-order valence-electron chi connectivity index (χ1n) is 12.1. The fourth-order valence-corrected chi connectivity index (χ4v) is 6.76. The first kappa shape index (κ1) is 27.6. The van der Waals surface area contributed by atoms with Crippen LogP contribution in [0.2, 0.25) is 0 Å². The lowest BCUT2D eigenvalue weighted by atomic mass is 10.1. The molecule has 1 fully saturated rings. The van der Waals surface area contributed by atoms with E-state index in [0.29, 0.717) is 24.5 Å². The van der Waals surface area contributed by atoms with E-state index in [2.05, 4.69) is 5.32 Å². The van der Waals surface area contributed by atoms with Crippen molar-refractivity contribution < 1.29 is 26.4 Å². The van der Waals surface area contributed by atoms with Crippen molar-refractivity contribution in [2.24, 2.45) is 0 Å². The predicted octanol–water partition coefficient (Wildman–Crippen LogP) is 4.01. The van der Waals surface area contributed by atoms with Gasteiger partial charge in [-0.3, -0.25) is 9.10 Å². The third-order valence-electron chi connectivity index (χ3n) is 6.51. The van der Waals surface area contributed by atoms with Crippen molar-refractivity contribution in [2.45, 2.75) is 31.2 Å². The third-order valence-corrected chi connectivity index (χ3v) is 9.55. The number of ether oxygens (including phenoxy) is 1. The number of hydrogen-bond acceptors (Lipinski definition) is 6. The van der Waals surface area contributed by atoms with E-state index in [1.165, 1.54) is 46.1 Å². The van der Waals surface area contributed by atoms with E-state index in [-0.39, 0.29) is 22.7 Å². The Bertz CT molecular complexity index is 1530. The van der Waals surface area contributed by atoms with Crippen molar-refractivity contribution in [3.63, 3.8) is 0 Å². The second-order valence-electron chi connectivity index (χ2n) is 9.17. The number of hydrogen-bond donors (Lipinski definition) is 1. The number of aryl methyl sites for hydroxylation is 1. The van der Waals surface area contributed by atoms with Crippen LogP contribution in [-0.4, -0.2) is 53.5 Å². The minimum Gasteiger partial charge on any atom is -0.495 e. The van der Waals surface area contributed by atoms with Crippen molar-refractivity contribution >= 4 is 37.3 Å². The number of rotatable bonds is 9. The standard InChI is InChI=1S/C27H31N3O6S2/c1-20-8-4-5-9-22(20)19-30(37(3,32)33)23-12-10-21(11-13-23)27(31)28-25-18-24(14-15-26(25)36-2)38(34,35)29-16-6-7-17-29/h4-5,8-15,18H,6-7,16-17,19H2,1-3H3,(H,28,31). The average molecular weight is 558 g/mol. The smallest absolute Gasteiger partial charge is 0.255 e. The van der Waals surface area contributed by atoms with Crippen LogP contribution in [0.25, 0.3) is 0 Å². The van der Waals surface area contributed by atoms with E-state index in [4.69, 9.17) is 4.74 Å². The molecule has 4 rings (SSSR count). The van der Waals surface area contributed by atoms with Gasteiger partial charge in [-0.25, -0.2) is 16.8 Å². The lowest BCUT2D eigenvalue weighted by Crippen LogP contribution is -2.29. The summed E-state index contributed by atoms with van der Waals surface area (Å²) in [7, 11) is -5.84. The molecule has 38 heavy (non-hydrogen) atoms. The summed E-state index contributed by atoms with van der Waals surface area (Å²) in [4.78, 5) is 13.1. The zero-order valence-corrected chi connectivity index (χ0v) is 23.2. The molecular formula is C27H31N3O6S2. The summed E-state index contributed by atoms with van der Waals surface area (Å²) in [6.45, 7) is 3.02. The Hall–Kier alpha value is -3.41. The Morgan fingerprint density at radius 3 is 2.24 bits per heavy atom. The number of sulfonamides is 2. The molecule has 1 N–H and O–H groups in total. The Balaban J connectivity index is 1.57. The van der Waals surface area contributed by atoms with Gasteiger partial charge in [-0.05, 0) is 73.4 Å². The number of carbonyl (C=O) groups excluding carboxylic acids is 1. The van der Waals surface area contributed by atoms with Crippen molar-refractivity contribution in [1.29, 1.82) is 0 Å². The van der Waals surface area contributed by atoms with Gasteiger partial charge in [-0.1, -0.05) is 24.3 Å². The molecule has 1 aliphatic heterocycles. The molecule has 0 atom stereocenters. The summed E-state index contributed by atoms with van der Waals surface area (Å²) in [5.41, 5.74) is 2.76. The van der Waals surface area contributed by atoms with Gasteiger partial charge in [-0.2, -0.15) is 4.31 Å². The summed E-state index contributed by atoms with van der Waals surface area (Å²) in [6, 6.07) is 18.1. The van der Waals surface area contributed by atoms with Crippen molar-refractivity contribution in [3.05, 3.63) is 83.4 Å². The van der Waals surface area contributed by atoms with Crippen LogP contribution in [0.3, 0.4) is 0 Å². The van der Waals surface area contributed by atoms with Gasteiger partial charge in [0.1, 0.15) is 5.75 Å². The molecule has 0 aliphatic carbocycles. The summed E-state index contributed by atoms with van der Waals surface area (Å²) in [5, 5.41) is 2.73. The number of carbonyl (C=O) groups is 1. The quantitative estimate of drug-likeness (QED) is 0.426. The topological polar surface area (TPSA) is 113 Å². The predicted molar refractivity (Wildman–Crippen MR) is 148 cm³/mol. The monoisotopic (exact) mass is 557 g/mol. The zero-order valence-electron chi connectivity index (χ0n) is 21.5. The molecule has 1 amide bonds. The minimum absolute atomic E-state index is 0.0749. The number of anilines is 2. The fourth-order valence-electron chi connectivity index (χ4n) is 4.34. The Morgan fingerprint density at radius 2 is 1.63 bits per heavy atom. The third kappa shape index (κ3) is 6.01. The number of nitrogens with zero attached hydrogens (tertiary/aromatic N) is 2. The highest BCUT2D eigenvalue weighted by molar-refractivity contribution is 7.92. The first-order valence-corrected chi connectivity index (χ1v) is 15.4. The van der Waals surface area contributed by atoms with Gasteiger partial charge in [0.15, 0.2) is 0 Å². The van der Waals surface area contributed by atoms with Crippen molar-refractivity contribution in [2.75, 3.05) is 36.1 Å². The molecule has 1 aliphatic rings. The van der Waals surface area contributed by atoms with E-state index in [1.807, 2.05) is 31.2 Å². The Labute approximate surface area is 224 Å². The fraction of sp³-hybridized carbons (Fsp3) is 0.296. The van der Waals surface area contributed by atoms with E-state index >= 15 is 0 Å². The van der Waals surface area contributed by atoms with Crippen molar-refractivity contribution in [3.8, 4) is 5.75 Å². The van der Waals surface area contributed by atoms with Gasteiger partial charge in [0.2, 0.25) is 20.0 Å². The van der Waals surface area contributed by atoms with Gasteiger partial charge in [0.25, 0.3) is 5.91 Å². The van der Waals surface area contributed by atoms with Gasteiger partial charge >= 0.3 is 0 Å². The normalized spacial score (nSPS) is 14.3. The van der Waals surface area contributed by atoms with E-state index in [0.717, 1.165) is 30.2 Å². The summed E-state index contributed by atoms with van der Waals surface area (Å²) < 4.78 is 59.2. The minimum atomic E-state index is -3.68. The van der Waals surface area contributed by atoms with Crippen LogP contribution in [0.1, 0.15) is 34.3 Å². The van der Waals surface area contributed by atoms with Gasteiger partial charge in [-0.15, -0.1) is 0 Å². The molecule has 0 bridgehead atoms. The SMILES string of the molecule is COc1ccc(S(=O)(=O)N2CCCC2)cc1NC(=O)c1ccc(N(Cc2ccccc2C)S(C)(=O)=O)cc1. The molecule has 3 aromatic carbocycles. The molecule has 0 aromatic heterocycles. The number of methoxy groups -OCH3 is 1. The molecule has 11 heteroatoms. The van der Waals surface area contributed by atoms with Crippen LogP contribution < -0.4 is 14.4 Å². The van der Waals surface area contributed by atoms with Gasteiger partial charge in [0, 0.05) is 18.7 Å². The highest BCUT2D eigenvalue weighted by atomic mass is 32.2.